The lowest BCUT2D eigenvalue weighted by atomic mass is 10.0. The van der Waals surface area contributed by atoms with Crippen LogP contribution in [0.3, 0.4) is 0 Å². The number of rotatable bonds is 3. The fourth-order valence-electron chi connectivity index (χ4n) is 1.91. The molecule has 0 aliphatic heterocycles. The number of hydrogen-bond donors (Lipinski definition) is 0. The number of ether oxygens (including phenoxy) is 1. The molecular formula is C14H13NO4. The molecule has 0 aliphatic carbocycles. The summed E-state index contributed by atoms with van der Waals surface area (Å²) in [6.07, 6.45) is -0.235. The third-order valence-electron chi connectivity index (χ3n) is 2.66. The monoisotopic (exact) mass is 259 g/mol. The number of carbonyl (C=O) groups is 1. The van der Waals surface area contributed by atoms with Crippen molar-refractivity contribution < 1.29 is 14.5 Å². The quantitative estimate of drug-likeness (QED) is 0.481. The number of non-ortho nitro benzene ring substituents is 1. The zero-order valence-electron chi connectivity index (χ0n) is 10.6. The third-order valence-corrected chi connectivity index (χ3v) is 2.66. The average molecular weight is 259 g/mol. The van der Waals surface area contributed by atoms with Gasteiger partial charge in [0.2, 0.25) is 0 Å². The Bertz CT molecular complexity index is 649. The number of fused-ring (bicyclic) bond motifs is 1. The molecule has 98 valence electrons. The summed E-state index contributed by atoms with van der Waals surface area (Å²) in [5.41, 5.74) is 0.326. The molecule has 19 heavy (non-hydrogen) atoms. The minimum Gasteiger partial charge on any atom is -0.459 e. The van der Waals surface area contributed by atoms with Gasteiger partial charge in [-0.05, 0) is 26.0 Å². The summed E-state index contributed by atoms with van der Waals surface area (Å²) in [5, 5.41) is 11.9. The van der Waals surface area contributed by atoms with Crippen molar-refractivity contribution in [3.05, 3.63) is 52.1 Å². The Kier molecular flexibility index (Phi) is 3.46. The van der Waals surface area contributed by atoms with Crippen LogP contribution in [0.4, 0.5) is 5.69 Å². The minimum atomic E-state index is -0.471. The molecule has 0 saturated carbocycles. The Balaban J connectivity index is 2.61. The van der Waals surface area contributed by atoms with Crippen LogP contribution in [-0.2, 0) is 4.74 Å². The molecule has 0 heterocycles. The van der Waals surface area contributed by atoms with Crippen molar-refractivity contribution in [3.63, 3.8) is 0 Å². The first-order chi connectivity index (χ1) is 9.00. The summed E-state index contributed by atoms with van der Waals surface area (Å²) in [5.74, 6) is -0.471. The second-order valence-corrected chi connectivity index (χ2v) is 4.39. The zero-order chi connectivity index (χ0) is 14.0. The third kappa shape index (κ3) is 2.54. The lowest BCUT2D eigenvalue weighted by Gasteiger charge is -2.10. The van der Waals surface area contributed by atoms with Crippen LogP contribution in [0.2, 0.25) is 0 Å². The maximum absolute atomic E-state index is 12.0. The second-order valence-electron chi connectivity index (χ2n) is 4.39. The second kappa shape index (κ2) is 5.06. The summed E-state index contributed by atoms with van der Waals surface area (Å²) in [7, 11) is 0. The summed E-state index contributed by atoms with van der Waals surface area (Å²) in [6, 6.07) is 9.51. The van der Waals surface area contributed by atoms with Crippen LogP contribution in [0.25, 0.3) is 10.8 Å². The van der Waals surface area contributed by atoms with Crippen LogP contribution < -0.4 is 0 Å². The largest absolute Gasteiger partial charge is 0.459 e. The summed E-state index contributed by atoms with van der Waals surface area (Å²) >= 11 is 0. The van der Waals surface area contributed by atoms with Crippen molar-refractivity contribution in [1.82, 2.24) is 0 Å². The summed E-state index contributed by atoms with van der Waals surface area (Å²) < 4.78 is 5.14. The van der Waals surface area contributed by atoms with Crippen molar-refractivity contribution in [2.24, 2.45) is 0 Å². The molecule has 5 heteroatoms. The lowest BCUT2D eigenvalue weighted by Crippen LogP contribution is -2.12. The molecule has 0 fully saturated rings. The SMILES string of the molecule is CC(C)OC(=O)c1cccc2c([N+](=O)[O-])cccc12. The van der Waals surface area contributed by atoms with E-state index in [0.717, 1.165) is 0 Å². The van der Waals surface area contributed by atoms with Gasteiger partial charge >= 0.3 is 5.97 Å². The molecule has 2 rings (SSSR count). The molecular weight excluding hydrogens is 246 g/mol. The smallest absolute Gasteiger partial charge is 0.339 e. The molecule has 0 aliphatic rings. The van der Waals surface area contributed by atoms with E-state index in [4.69, 9.17) is 4.74 Å². The molecule has 5 nitrogen and oxygen atoms in total. The Morgan fingerprint density at radius 3 is 2.42 bits per heavy atom. The highest BCUT2D eigenvalue weighted by atomic mass is 16.6. The molecule has 0 bridgehead atoms. The van der Waals surface area contributed by atoms with Gasteiger partial charge in [0.15, 0.2) is 0 Å². The number of nitro benzene ring substituents is 1. The molecule has 2 aromatic carbocycles. The van der Waals surface area contributed by atoms with Gasteiger partial charge in [0, 0.05) is 11.5 Å². The first-order valence-electron chi connectivity index (χ1n) is 5.88. The van der Waals surface area contributed by atoms with Gasteiger partial charge in [-0.25, -0.2) is 4.79 Å². The topological polar surface area (TPSA) is 69.4 Å². The van der Waals surface area contributed by atoms with Crippen molar-refractivity contribution in [3.8, 4) is 0 Å². The van der Waals surface area contributed by atoms with E-state index in [9.17, 15) is 14.9 Å². The number of benzene rings is 2. The zero-order valence-corrected chi connectivity index (χ0v) is 10.6. The molecule has 0 radical (unpaired) electrons. The highest BCUT2D eigenvalue weighted by Gasteiger charge is 2.17. The van der Waals surface area contributed by atoms with Crippen LogP contribution in [-0.4, -0.2) is 17.0 Å². The molecule has 2 aromatic rings. The van der Waals surface area contributed by atoms with E-state index in [2.05, 4.69) is 0 Å². The predicted octanol–water partition coefficient (Wildman–Crippen LogP) is 3.31. The van der Waals surface area contributed by atoms with Crippen LogP contribution in [0.15, 0.2) is 36.4 Å². The van der Waals surface area contributed by atoms with Crippen LogP contribution in [0.1, 0.15) is 24.2 Å². The number of nitrogens with zero attached hydrogens (tertiary/aromatic N) is 1. The standard InChI is InChI=1S/C14H13NO4/c1-9(2)19-14(16)12-7-3-6-11-10(12)5-4-8-13(11)15(17)18/h3-9H,1-2H3. The van der Waals surface area contributed by atoms with Crippen molar-refractivity contribution >= 4 is 22.4 Å². The van der Waals surface area contributed by atoms with Crippen molar-refractivity contribution in [1.29, 1.82) is 0 Å². The maximum atomic E-state index is 12.0. The number of nitro groups is 1. The van der Waals surface area contributed by atoms with E-state index in [1.54, 1.807) is 44.2 Å². The molecule has 0 N–H and O–H groups in total. The Morgan fingerprint density at radius 1 is 1.16 bits per heavy atom. The molecule has 0 atom stereocenters. The van der Waals surface area contributed by atoms with E-state index < -0.39 is 10.9 Å². The van der Waals surface area contributed by atoms with Crippen molar-refractivity contribution in [2.45, 2.75) is 20.0 Å². The average Bonchev–Trinajstić information content (AvgIpc) is 2.36. The van der Waals surface area contributed by atoms with E-state index in [1.165, 1.54) is 6.07 Å². The highest BCUT2D eigenvalue weighted by molar-refractivity contribution is 6.06. The normalized spacial score (nSPS) is 10.7. The maximum Gasteiger partial charge on any atom is 0.339 e. The first kappa shape index (κ1) is 13.0. The number of carbonyl (C=O) groups excluding carboxylic acids is 1. The van der Waals surface area contributed by atoms with Crippen LogP contribution >= 0.6 is 0 Å². The van der Waals surface area contributed by atoms with Crippen molar-refractivity contribution in [2.75, 3.05) is 0 Å². The van der Waals surface area contributed by atoms with Gasteiger partial charge in [0.05, 0.1) is 22.0 Å². The van der Waals surface area contributed by atoms with E-state index in [0.29, 0.717) is 16.3 Å². The fourth-order valence-corrected chi connectivity index (χ4v) is 1.91. The minimum absolute atomic E-state index is 0.0169. The van der Waals surface area contributed by atoms with Gasteiger partial charge in [0.1, 0.15) is 0 Å². The predicted molar refractivity (Wildman–Crippen MR) is 71.2 cm³/mol. The summed E-state index contributed by atoms with van der Waals surface area (Å²) in [4.78, 5) is 22.5. The van der Waals surface area contributed by atoms with E-state index in [1.807, 2.05) is 0 Å². The molecule has 0 unspecified atom stereocenters. The molecule has 0 spiro atoms. The van der Waals surface area contributed by atoms with Crippen LogP contribution in [0.5, 0.6) is 0 Å². The van der Waals surface area contributed by atoms with Gasteiger partial charge in [-0.3, -0.25) is 10.1 Å². The summed E-state index contributed by atoms with van der Waals surface area (Å²) in [6.45, 7) is 3.51. The van der Waals surface area contributed by atoms with Crippen LogP contribution in [0, 0.1) is 10.1 Å². The van der Waals surface area contributed by atoms with Gasteiger partial charge in [0.25, 0.3) is 5.69 Å². The Labute approximate surface area is 110 Å². The molecule has 0 amide bonds. The lowest BCUT2D eigenvalue weighted by molar-refractivity contribution is -0.383. The highest BCUT2D eigenvalue weighted by Crippen LogP contribution is 2.28. The molecule has 0 saturated heterocycles. The van der Waals surface area contributed by atoms with E-state index >= 15 is 0 Å². The van der Waals surface area contributed by atoms with E-state index in [-0.39, 0.29) is 11.8 Å². The number of esters is 1. The number of hydrogen-bond acceptors (Lipinski definition) is 4. The van der Waals surface area contributed by atoms with Gasteiger partial charge in [-0.1, -0.05) is 18.2 Å². The first-order valence-corrected chi connectivity index (χ1v) is 5.88. The Hall–Kier alpha value is -2.43. The Morgan fingerprint density at radius 2 is 1.79 bits per heavy atom. The van der Waals surface area contributed by atoms with Gasteiger partial charge in [-0.2, -0.15) is 0 Å². The molecule has 0 aromatic heterocycles. The van der Waals surface area contributed by atoms with Gasteiger partial charge in [-0.15, -0.1) is 0 Å². The van der Waals surface area contributed by atoms with Gasteiger partial charge < -0.3 is 4.74 Å². The fraction of sp³-hybridized carbons (Fsp3) is 0.214.